The summed E-state index contributed by atoms with van der Waals surface area (Å²) in [6.07, 6.45) is 1.51. The van der Waals surface area contributed by atoms with E-state index in [9.17, 15) is 9.59 Å². The number of fused-ring (bicyclic) bond motifs is 1. The lowest BCUT2D eigenvalue weighted by atomic mass is 10.2. The fourth-order valence-corrected chi connectivity index (χ4v) is 4.80. The first kappa shape index (κ1) is 23.5. The third-order valence-corrected chi connectivity index (χ3v) is 6.66. The number of rotatable bonds is 9. The van der Waals surface area contributed by atoms with Gasteiger partial charge in [0.15, 0.2) is 15.8 Å². The fourth-order valence-electron chi connectivity index (χ4n) is 2.94. The van der Waals surface area contributed by atoms with Crippen LogP contribution < -0.4 is 14.9 Å². The number of thioether (sulfide) groups is 1. The van der Waals surface area contributed by atoms with Crippen LogP contribution in [0, 0.1) is 0 Å². The van der Waals surface area contributed by atoms with Crippen molar-refractivity contribution in [3.05, 3.63) is 83.9 Å². The van der Waals surface area contributed by atoms with Crippen LogP contribution in [-0.2, 0) is 4.79 Å². The molecule has 4 rings (SSSR count). The second-order valence-electron chi connectivity index (χ2n) is 6.92. The molecule has 0 saturated heterocycles. The van der Waals surface area contributed by atoms with Crippen molar-refractivity contribution in [2.75, 3.05) is 12.4 Å². The maximum atomic E-state index is 12.4. The molecule has 0 spiro atoms. The van der Waals surface area contributed by atoms with Crippen molar-refractivity contribution in [1.29, 1.82) is 0 Å². The van der Waals surface area contributed by atoms with Gasteiger partial charge in [-0.05, 0) is 55.0 Å². The number of hydrogen-bond acceptors (Lipinski definition) is 8. The molecule has 1 amide bonds. The lowest BCUT2D eigenvalue weighted by Gasteiger charge is -2.11. The Kier molecular flexibility index (Phi) is 7.90. The number of esters is 1. The molecule has 3 aromatic carbocycles. The van der Waals surface area contributed by atoms with Crippen molar-refractivity contribution in [2.24, 2.45) is 5.10 Å². The van der Waals surface area contributed by atoms with Gasteiger partial charge in [-0.1, -0.05) is 42.1 Å². The summed E-state index contributed by atoms with van der Waals surface area (Å²) in [6.45, 7) is 2.24. The summed E-state index contributed by atoms with van der Waals surface area (Å²) in [5, 5.41) is 4.02. The molecule has 34 heavy (non-hydrogen) atoms. The molecule has 1 N–H and O–H groups in total. The first-order valence-electron chi connectivity index (χ1n) is 10.5. The smallest absolute Gasteiger partial charge is 0.343 e. The summed E-state index contributed by atoms with van der Waals surface area (Å²) in [7, 11) is 0. The van der Waals surface area contributed by atoms with Crippen molar-refractivity contribution in [3.63, 3.8) is 0 Å². The summed E-state index contributed by atoms with van der Waals surface area (Å²) in [4.78, 5) is 29.0. The molecule has 1 heterocycles. The molecule has 0 unspecified atom stereocenters. The number of thiazole rings is 1. The van der Waals surface area contributed by atoms with Crippen LogP contribution >= 0.6 is 23.1 Å². The van der Waals surface area contributed by atoms with E-state index in [1.165, 1.54) is 18.0 Å². The highest BCUT2D eigenvalue weighted by Crippen LogP contribution is 2.30. The van der Waals surface area contributed by atoms with Gasteiger partial charge in [0.1, 0.15) is 0 Å². The second-order valence-corrected chi connectivity index (χ2v) is 9.18. The number of nitrogens with one attached hydrogen (secondary N) is 1. The lowest BCUT2D eigenvalue weighted by Crippen LogP contribution is -2.19. The van der Waals surface area contributed by atoms with E-state index in [0.29, 0.717) is 29.2 Å². The van der Waals surface area contributed by atoms with E-state index >= 15 is 0 Å². The van der Waals surface area contributed by atoms with Gasteiger partial charge in [-0.25, -0.2) is 15.2 Å². The van der Waals surface area contributed by atoms with Crippen molar-refractivity contribution < 1.29 is 19.1 Å². The quantitative estimate of drug-likeness (QED) is 0.114. The van der Waals surface area contributed by atoms with Gasteiger partial charge in [-0.15, -0.1) is 11.3 Å². The molecule has 0 bridgehead atoms. The number of ether oxygens (including phenoxy) is 2. The van der Waals surface area contributed by atoms with Crippen LogP contribution in [0.5, 0.6) is 11.5 Å². The zero-order chi connectivity index (χ0) is 23.8. The molecule has 0 aliphatic rings. The van der Waals surface area contributed by atoms with Gasteiger partial charge in [-0.2, -0.15) is 5.10 Å². The Morgan fingerprint density at radius 3 is 2.65 bits per heavy atom. The first-order chi connectivity index (χ1) is 16.6. The van der Waals surface area contributed by atoms with Gasteiger partial charge in [0.2, 0.25) is 0 Å². The van der Waals surface area contributed by atoms with Gasteiger partial charge in [-0.3, -0.25) is 4.79 Å². The van der Waals surface area contributed by atoms with Gasteiger partial charge in [0.25, 0.3) is 5.91 Å². The van der Waals surface area contributed by atoms with E-state index in [0.717, 1.165) is 14.6 Å². The van der Waals surface area contributed by atoms with Crippen LogP contribution in [0.4, 0.5) is 0 Å². The number of nitrogens with zero attached hydrogens (tertiary/aromatic N) is 2. The van der Waals surface area contributed by atoms with Crippen molar-refractivity contribution >= 4 is 51.4 Å². The van der Waals surface area contributed by atoms with Crippen LogP contribution in [-0.4, -0.2) is 35.4 Å². The third kappa shape index (κ3) is 6.21. The minimum atomic E-state index is -0.471. The minimum Gasteiger partial charge on any atom is -0.490 e. The molecule has 0 radical (unpaired) electrons. The molecule has 7 nitrogen and oxygen atoms in total. The molecule has 0 aliphatic heterocycles. The topological polar surface area (TPSA) is 89.9 Å². The summed E-state index contributed by atoms with van der Waals surface area (Å²) < 4.78 is 13.0. The largest absolute Gasteiger partial charge is 0.490 e. The van der Waals surface area contributed by atoms with E-state index < -0.39 is 5.97 Å². The van der Waals surface area contributed by atoms with Gasteiger partial charge < -0.3 is 9.47 Å². The van der Waals surface area contributed by atoms with Crippen LogP contribution in [0.3, 0.4) is 0 Å². The molecule has 0 aliphatic carbocycles. The second kappa shape index (κ2) is 11.4. The number of carbonyl (C=O) groups is 2. The zero-order valence-corrected chi connectivity index (χ0v) is 19.9. The Bertz CT molecular complexity index is 1290. The predicted octanol–water partition coefficient (Wildman–Crippen LogP) is 5.16. The Hall–Kier alpha value is -3.69. The molecule has 172 valence electrons. The normalized spacial score (nSPS) is 11.0. The van der Waals surface area contributed by atoms with Gasteiger partial charge in [0, 0.05) is 0 Å². The molecule has 9 heteroatoms. The van der Waals surface area contributed by atoms with Gasteiger partial charge in [0.05, 0.1) is 34.4 Å². The molecule has 0 saturated carbocycles. The number of hydrazone groups is 1. The Labute approximate surface area is 204 Å². The molecule has 0 atom stereocenters. The van der Waals surface area contributed by atoms with E-state index in [1.54, 1.807) is 53.8 Å². The number of para-hydroxylation sites is 1. The summed E-state index contributed by atoms with van der Waals surface area (Å²) in [6, 6.07) is 21.6. The van der Waals surface area contributed by atoms with Gasteiger partial charge >= 0.3 is 5.97 Å². The Morgan fingerprint density at radius 1 is 1.06 bits per heavy atom. The third-order valence-electron chi connectivity index (χ3n) is 4.48. The Balaban J connectivity index is 1.33. The maximum absolute atomic E-state index is 12.4. The monoisotopic (exact) mass is 491 g/mol. The van der Waals surface area contributed by atoms with E-state index in [-0.39, 0.29) is 11.7 Å². The first-order valence-corrected chi connectivity index (χ1v) is 12.3. The van der Waals surface area contributed by atoms with E-state index in [4.69, 9.17) is 9.47 Å². The minimum absolute atomic E-state index is 0.204. The molecular formula is C25H21N3O4S2. The SMILES string of the molecule is CCOc1cc(/C=N/NC(=O)CSc2nc3ccccc3s2)ccc1OC(=O)c1ccccc1. The van der Waals surface area contributed by atoms with Crippen LogP contribution in [0.1, 0.15) is 22.8 Å². The summed E-state index contributed by atoms with van der Waals surface area (Å²) in [5.41, 5.74) is 4.57. The fraction of sp³-hybridized carbons (Fsp3) is 0.120. The summed E-state index contributed by atoms with van der Waals surface area (Å²) >= 11 is 2.92. The highest BCUT2D eigenvalue weighted by atomic mass is 32.2. The standard InChI is InChI=1S/C25H21N3O4S2/c1-2-31-21-14-17(12-13-20(21)32-24(30)18-8-4-3-5-9-18)15-26-28-23(29)16-33-25-27-19-10-6-7-11-22(19)34-25/h3-15H,2,16H2,1H3,(H,28,29)/b26-15+. The van der Waals surface area contributed by atoms with Crippen LogP contribution in [0.25, 0.3) is 10.2 Å². The zero-order valence-electron chi connectivity index (χ0n) is 18.3. The molecule has 0 fully saturated rings. The molecular weight excluding hydrogens is 470 g/mol. The number of aromatic nitrogens is 1. The average molecular weight is 492 g/mol. The van der Waals surface area contributed by atoms with Crippen LogP contribution in [0.15, 0.2) is 82.2 Å². The number of carbonyl (C=O) groups excluding carboxylic acids is 2. The number of amides is 1. The van der Waals surface area contributed by atoms with Crippen LogP contribution in [0.2, 0.25) is 0 Å². The average Bonchev–Trinajstić information content (AvgIpc) is 3.28. The lowest BCUT2D eigenvalue weighted by molar-refractivity contribution is -0.118. The highest BCUT2D eigenvalue weighted by Gasteiger charge is 2.13. The highest BCUT2D eigenvalue weighted by molar-refractivity contribution is 8.01. The van der Waals surface area contributed by atoms with E-state index in [1.807, 2.05) is 37.3 Å². The number of hydrogen-bond donors (Lipinski definition) is 1. The van der Waals surface area contributed by atoms with E-state index in [2.05, 4.69) is 15.5 Å². The number of benzene rings is 3. The Morgan fingerprint density at radius 2 is 1.85 bits per heavy atom. The van der Waals surface area contributed by atoms with Crippen molar-refractivity contribution in [1.82, 2.24) is 10.4 Å². The molecule has 1 aromatic heterocycles. The van der Waals surface area contributed by atoms with Crippen molar-refractivity contribution in [3.8, 4) is 11.5 Å². The predicted molar refractivity (Wildman–Crippen MR) is 135 cm³/mol. The van der Waals surface area contributed by atoms with Crippen molar-refractivity contribution in [2.45, 2.75) is 11.3 Å². The molecule has 4 aromatic rings. The maximum Gasteiger partial charge on any atom is 0.343 e. The summed E-state index contributed by atoms with van der Waals surface area (Å²) in [5.74, 6) is 0.216.